The molecule has 0 aliphatic heterocycles. The van der Waals surface area contributed by atoms with Gasteiger partial charge in [-0.2, -0.15) is 0 Å². The molecule has 6 nitrogen and oxygen atoms in total. The second-order valence-electron chi connectivity index (χ2n) is 3.53. The van der Waals surface area contributed by atoms with Gasteiger partial charge in [0.25, 0.3) is 0 Å². The molecular weight excluding hydrogens is 184 g/mol. The molecule has 0 saturated heterocycles. The van der Waals surface area contributed by atoms with Gasteiger partial charge in [-0.05, 0) is 24.2 Å². The second kappa shape index (κ2) is 3.28. The van der Waals surface area contributed by atoms with Crippen molar-refractivity contribution in [3.63, 3.8) is 0 Å². The standard InChI is InChI=1S/C8H12N4O2/c1-11-8(12(13)14)7(5-9-11)10-6-3-2-4-6/h5-6,10H,2-4H2,1H3. The monoisotopic (exact) mass is 196 g/mol. The van der Waals surface area contributed by atoms with Crippen molar-refractivity contribution in [2.45, 2.75) is 25.3 Å². The Bertz CT molecular complexity index is 356. The Balaban J connectivity index is 2.19. The van der Waals surface area contributed by atoms with E-state index in [2.05, 4.69) is 10.4 Å². The third-order valence-electron chi connectivity index (χ3n) is 2.55. The zero-order chi connectivity index (χ0) is 10.1. The Kier molecular flexibility index (Phi) is 2.11. The topological polar surface area (TPSA) is 73.0 Å². The van der Waals surface area contributed by atoms with Gasteiger partial charge in [0.05, 0.1) is 0 Å². The molecule has 0 bridgehead atoms. The summed E-state index contributed by atoms with van der Waals surface area (Å²) >= 11 is 0. The molecule has 76 valence electrons. The molecule has 14 heavy (non-hydrogen) atoms. The molecular formula is C8H12N4O2. The molecule has 1 N–H and O–H groups in total. The molecule has 0 spiro atoms. The van der Waals surface area contributed by atoms with Crippen LogP contribution in [0.4, 0.5) is 11.5 Å². The van der Waals surface area contributed by atoms with Gasteiger partial charge in [0.1, 0.15) is 13.2 Å². The van der Waals surface area contributed by atoms with Crippen LogP contribution >= 0.6 is 0 Å². The van der Waals surface area contributed by atoms with Crippen LogP contribution in [-0.4, -0.2) is 20.7 Å². The summed E-state index contributed by atoms with van der Waals surface area (Å²) in [6.45, 7) is 0. The van der Waals surface area contributed by atoms with Crippen LogP contribution in [0.15, 0.2) is 6.20 Å². The SMILES string of the molecule is Cn1ncc(NC2CCC2)c1[N+](=O)[O-]. The van der Waals surface area contributed by atoms with Crippen LogP contribution in [0.1, 0.15) is 19.3 Å². The van der Waals surface area contributed by atoms with Crippen molar-refractivity contribution in [3.8, 4) is 0 Å². The molecule has 1 saturated carbocycles. The normalized spacial score (nSPS) is 16.4. The van der Waals surface area contributed by atoms with Crippen LogP contribution in [0.2, 0.25) is 0 Å². The average Bonchev–Trinajstić information content (AvgIpc) is 2.39. The van der Waals surface area contributed by atoms with Crippen LogP contribution in [0.5, 0.6) is 0 Å². The Morgan fingerprint density at radius 1 is 1.71 bits per heavy atom. The molecule has 6 heteroatoms. The lowest BCUT2D eigenvalue weighted by atomic mass is 9.93. The summed E-state index contributed by atoms with van der Waals surface area (Å²) in [5.74, 6) is 0.0388. The molecule has 0 amide bonds. The van der Waals surface area contributed by atoms with Crippen molar-refractivity contribution in [1.82, 2.24) is 9.78 Å². The van der Waals surface area contributed by atoms with E-state index in [1.807, 2.05) is 0 Å². The zero-order valence-corrected chi connectivity index (χ0v) is 7.93. The first kappa shape index (κ1) is 8.98. The predicted octanol–water partition coefficient (Wildman–Crippen LogP) is 1.29. The maximum atomic E-state index is 10.7. The predicted molar refractivity (Wildman–Crippen MR) is 51.1 cm³/mol. The fraction of sp³-hybridized carbons (Fsp3) is 0.625. The van der Waals surface area contributed by atoms with Gasteiger partial charge in [0, 0.05) is 6.04 Å². The van der Waals surface area contributed by atoms with Crippen molar-refractivity contribution in [1.29, 1.82) is 0 Å². The number of aryl methyl sites for hydroxylation is 1. The van der Waals surface area contributed by atoms with Gasteiger partial charge >= 0.3 is 5.82 Å². The van der Waals surface area contributed by atoms with E-state index < -0.39 is 4.92 Å². The zero-order valence-electron chi connectivity index (χ0n) is 7.93. The van der Waals surface area contributed by atoms with Gasteiger partial charge in [-0.25, -0.2) is 0 Å². The summed E-state index contributed by atoms with van der Waals surface area (Å²) in [6.07, 6.45) is 4.89. The van der Waals surface area contributed by atoms with E-state index in [1.54, 1.807) is 7.05 Å². The lowest BCUT2D eigenvalue weighted by molar-refractivity contribution is -0.391. The Labute approximate surface area is 81.1 Å². The molecule has 1 aliphatic carbocycles. The van der Waals surface area contributed by atoms with Crippen molar-refractivity contribution in [3.05, 3.63) is 16.3 Å². The lowest BCUT2D eigenvalue weighted by Crippen LogP contribution is -2.27. The maximum absolute atomic E-state index is 10.7. The smallest absolute Gasteiger partial charge is 0.368 e. The summed E-state index contributed by atoms with van der Waals surface area (Å²) in [5.41, 5.74) is 0.530. The Hall–Kier alpha value is -1.59. The summed E-state index contributed by atoms with van der Waals surface area (Å²) in [7, 11) is 1.57. The number of hydrogen-bond donors (Lipinski definition) is 1. The second-order valence-corrected chi connectivity index (χ2v) is 3.53. The molecule has 1 aromatic rings. The molecule has 0 aromatic carbocycles. The first-order valence-electron chi connectivity index (χ1n) is 4.61. The summed E-state index contributed by atoms with van der Waals surface area (Å²) in [6, 6.07) is 0.387. The highest BCUT2D eigenvalue weighted by molar-refractivity contribution is 5.57. The highest BCUT2D eigenvalue weighted by Gasteiger charge is 2.24. The molecule has 1 heterocycles. The summed E-state index contributed by atoms with van der Waals surface area (Å²) in [4.78, 5) is 10.3. The van der Waals surface area contributed by atoms with E-state index in [0.29, 0.717) is 11.7 Å². The van der Waals surface area contributed by atoms with Crippen molar-refractivity contribution >= 4 is 11.5 Å². The van der Waals surface area contributed by atoms with Crippen LogP contribution in [-0.2, 0) is 7.05 Å². The van der Waals surface area contributed by atoms with E-state index in [1.165, 1.54) is 17.3 Å². The van der Waals surface area contributed by atoms with E-state index in [0.717, 1.165) is 12.8 Å². The number of nitrogens with zero attached hydrogens (tertiary/aromatic N) is 3. The molecule has 0 unspecified atom stereocenters. The summed E-state index contributed by atoms with van der Waals surface area (Å²) in [5, 5.41) is 17.7. The molecule has 1 aliphatic rings. The van der Waals surface area contributed by atoms with Crippen LogP contribution < -0.4 is 5.32 Å². The average molecular weight is 196 g/mol. The molecule has 1 aromatic heterocycles. The quantitative estimate of drug-likeness (QED) is 0.584. The minimum atomic E-state index is -0.409. The van der Waals surface area contributed by atoms with Crippen LogP contribution in [0.25, 0.3) is 0 Å². The first-order valence-corrected chi connectivity index (χ1v) is 4.61. The van der Waals surface area contributed by atoms with Crippen LogP contribution in [0.3, 0.4) is 0 Å². The van der Waals surface area contributed by atoms with Gasteiger partial charge in [0.2, 0.25) is 0 Å². The number of nitro groups is 1. The minimum absolute atomic E-state index is 0.0388. The fourth-order valence-electron chi connectivity index (χ4n) is 1.52. The van der Waals surface area contributed by atoms with Gasteiger partial charge in [-0.15, -0.1) is 4.68 Å². The van der Waals surface area contributed by atoms with Crippen molar-refractivity contribution < 1.29 is 4.92 Å². The van der Waals surface area contributed by atoms with E-state index in [-0.39, 0.29) is 5.82 Å². The molecule has 1 fully saturated rings. The fourth-order valence-corrected chi connectivity index (χ4v) is 1.52. The minimum Gasteiger partial charge on any atom is -0.374 e. The largest absolute Gasteiger partial charge is 0.374 e. The van der Waals surface area contributed by atoms with Crippen molar-refractivity contribution in [2.75, 3.05) is 5.32 Å². The van der Waals surface area contributed by atoms with Gasteiger partial charge in [-0.1, -0.05) is 5.10 Å². The summed E-state index contributed by atoms with van der Waals surface area (Å²) < 4.78 is 1.28. The van der Waals surface area contributed by atoms with E-state index in [9.17, 15) is 10.1 Å². The number of aromatic nitrogens is 2. The third-order valence-corrected chi connectivity index (χ3v) is 2.55. The third kappa shape index (κ3) is 1.43. The molecule has 0 radical (unpaired) electrons. The Morgan fingerprint density at radius 2 is 2.43 bits per heavy atom. The number of anilines is 1. The van der Waals surface area contributed by atoms with Gasteiger partial charge in [0.15, 0.2) is 5.69 Å². The molecule has 2 rings (SSSR count). The maximum Gasteiger partial charge on any atom is 0.368 e. The van der Waals surface area contributed by atoms with Crippen molar-refractivity contribution in [2.24, 2.45) is 7.05 Å². The van der Waals surface area contributed by atoms with Crippen LogP contribution in [0, 0.1) is 10.1 Å². The number of rotatable bonds is 3. The number of hydrogen-bond acceptors (Lipinski definition) is 4. The lowest BCUT2D eigenvalue weighted by Gasteiger charge is -2.26. The van der Waals surface area contributed by atoms with E-state index in [4.69, 9.17) is 0 Å². The number of nitrogens with one attached hydrogen (secondary N) is 1. The van der Waals surface area contributed by atoms with Gasteiger partial charge < -0.3 is 15.4 Å². The van der Waals surface area contributed by atoms with E-state index >= 15 is 0 Å². The van der Waals surface area contributed by atoms with Gasteiger partial charge in [-0.3, -0.25) is 0 Å². The Morgan fingerprint density at radius 3 is 2.93 bits per heavy atom. The first-order chi connectivity index (χ1) is 6.68. The highest BCUT2D eigenvalue weighted by Crippen LogP contribution is 2.28. The molecule has 0 atom stereocenters. The highest BCUT2D eigenvalue weighted by atomic mass is 16.6.